The number of hydrogen-bond donors (Lipinski definition) is 1. The van der Waals surface area contributed by atoms with E-state index in [0.29, 0.717) is 33.6 Å². The quantitative estimate of drug-likeness (QED) is 0.790. The Bertz CT molecular complexity index is 842. The Morgan fingerprint density at radius 2 is 2.00 bits per heavy atom. The number of benzene rings is 1. The number of fused-ring (bicyclic) bond motifs is 1. The molecule has 0 radical (unpaired) electrons. The molecule has 106 valence electrons. The van der Waals surface area contributed by atoms with E-state index in [1.807, 2.05) is 0 Å². The molecule has 0 saturated carbocycles. The third kappa shape index (κ3) is 2.57. The number of para-hydroxylation sites is 1. The molecule has 1 N–H and O–H groups in total. The molecule has 1 aromatic carbocycles. The summed E-state index contributed by atoms with van der Waals surface area (Å²) in [6.07, 6.45) is 1.61. The second-order valence-electron chi connectivity index (χ2n) is 4.58. The standard InChI is InChI=1S/C14H12ClN5O/c1-8-10(7-20-14(16-8)17-9(2)19-20)13(21)18-12-6-4-3-5-11(12)15/h3-7H,1-2H3,(H,18,21). The maximum absolute atomic E-state index is 12.4. The number of rotatable bonds is 2. The average molecular weight is 302 g/mol. The summed E-state index contributed by atoms with van der Waals surface area (Å²) in [6.45, 7) is 3.53. The van der Waals surface area contributed by atoms with Crippen LogP contribution in [0.2, 0.25) is 5.02 Å². The molecule has 1 amide bonds. The van der Waals surface area contributed by atoms with Crippen molar-refractivity contribution < 1.29 is 4.79 Å². The molecule has 7 heteroatoms. The molecule has 3 aromatic rings. The van der Waals surface area contributed by atoms with E-state index in [1.54, 1.807) is 44.3 Å². The van der Waals surface area contributed by atoms with Gasteiger partial charge in [-0.3, -0.25) is 4.79 Å². The SMILES string of the molecule is Cc1nc2nc(C)c(C(=O)Nc3ccccc3Cl)cn2n1. The van der Waals surface area contributed by atoms with Crippen molar-refractivity contribution >= 4 is 29.0 Å². The zero-order valence-electron chi connectivity index (χ0n) is 11.5. The molecule has 3 rings (SSSR count). The van der Waals surface area contributed by atoms with E-state index in [-0.39, 0.29) is 5.91 Å². The van der Waals surface area contributed by atoms with Crippen molar-refractivity contribution in [1.29, 1.82) is 0 Å². The molecule has 0 atom stereocenters. The maximum atomic E-state index is 12.4. The van der Waals surface area contributed by atoms with Gasteiger partial charge in [-0.05, 0) is 26.0 Å². The monoisotopic (exact) mass is 301 g/mol. The summed E-state index contributed by atoms with van der Waals surface area (Å²) in [5, 5.41) is 7.41. The number of carbonyl (C=O) groups excluding carboxylic acids is 1. The maximum Gasteiger partial charge on any atom is 0.259 e. The molecular formula is C14H12ClN5O. The van der Waals surface area contributed by atoms with Crippen LogP contribution < -0.4 is 5.32 Å². The van der Waals surface area contributed by atoms with Gasteiger partial charge in [0.05, 0.1) is 22.0 Å². The van der Waals surface area contributed by atoms with Crippen LogP contribution in [0.5, 0.6) is 0 Å². The molecule has 21 heavy (non-hydrogen) atoms. The molecule has 0 saturated heterocycles. The largest absolute Gasteiger partial charge is 0.321 e. The van der Waals surface area contributed by atoms with Crippen LogP contribution >= 0.6 is 11.6 Å². The van der Waals surface area contributed by atoms with Crippen molar-refractivity contribution in [2.75, 3.05) is 5.32 Å². The van der Waals surface area contributed by atoms with Crippen LogP contribution in [0, 0.1) is 13.8 Å². The summed E-state index contributed by atoms with van der Waals surface area (Å²) in [5.74, 6) is 0.785. The van der Waals surface area contributed by atoms with Crippen LogP contribution in [0.3, 0.4) is 0 Å². The summed E-state index contributed by atoms with van der Waals surface area (Å²) in [6, 6.07) is 7.05. The number of anilines is 1. The second kappa shape index (κ2) is 5.14. The van der Waals surface area contributed by atoms with E-state index in [0.717, 1.165) is 0 Å². The molecule has 0 aliphatic heterocycles. The van der Waals surface area contributed by atoms with Gasteiger partial charge < -0.3 is 5.32 Å². The Morgan fingerprint density at radius 1 is 1.24 bits per heavy atom. The minimum atomic E-state index is -0.289. The molecule has 0 unspecified atom stereocenters. The molecular weight excluding hydrogens is 290 g/mol. The predicted molar refractivity (Wildman–Crippen MR) is 79.7 cm³/mol. The Hall–Kier alpha value is -2.47. The van der Waals surface area contributed by atoms with Crippen molar-refractivity contribution in [1.82, 2.24) is 19.6 Å². The first-order valence-corrected chi connectivity index (χ1v) is 6.69. The number of hydrogen-bond acceptors (Lipinski definition) is 4. The van der Waals surface area contributed by atoms with E-state index in [4.69, 9.17) is 11.6 Å². The van der Waals surface area contributed by atoms with Gasteiger partial charge >= 0.3 is 0 Å². The third-order valence-corrected chi connectivity index (χ3v) is 3.32. The number of nitrogens with zero attached hydrogens (tertiary/aromatic N) is 4. The lowest BCUT2D eigenvalue weighted by Gasteiger charge is -2.08. The van der Waals surface area contributed by atoms with Gasteiger partial charge in [-0.2, -0.15) is 10.1 Å². The Labute approximate surface area is 125 Å². The highest BCUT2D eigenvalue weighted by molar-refractivity contribution is 6.33. The topological polar surface area (TPSA) is 72.2 Å². The van der Waals surface area contributed by atoms with Crippen LogP contribution in [-0.4, -0.2) is 25.5 Å². The fourth-order valence-corrected chi connectivity index (χ4v) is 2.17. The number of aryl methyl sites for hydroxylation is 2. The zero-order valence-corrected chi connectivity index (χ0v) is 12.2. The lowest BCUT2D eigenvalue weighted by atomic mass is 10.2. The second-order valence-corrected chi connectivity index (χ2v) is 4.98. The molecule has 0 aliphatic carbocycles. The summed E-state index contributed by atoms with van der Waals surface area (Å²) >= 11 is 6.04. The average Bonchev–Trinajstić information content (AvgIpc) is 2.79. The van der Waals surface area contributed by atoms with Crippen molar-refractivity contribution in [2.45, 2.75) is 13.8 Å². The zero-order chi connectivity index (χ0) is 15.0. The van der Waals surface area contributed by atoms with Crippen LogP contribution in [0.1, 0.15) is 21.9 Å². The number of amides is 1. The summed E-state index contributed by atoms with van der Waals surface area (Å²) in [7, 11) is 0. The third-order valence-electron chi connectivity index (χ3n) is 2.99. The van der Waals surface area contributed by atoms with E-state index < -0.39 is 0 Å². The first-order chi connectivity index (χ1) is 10.0. The van der Waals surface area contributed by atoms with Crippen LogP contribution in [-0.2, 0) is 0 Å². The predicted octanol–water partition coefficient (Wildman–Crippen LogP) is 2.65. The van der Waals surface area contributed by atoms with Gasteiger partial charge in [-0.25, -0.2) is 9.50 Å². The minimum Gasteiger partial charge on any atom is -0.321 e. The number of aromatic nitrogens is 4. The summed E-state index contributed by atoms with van der Waals surface area (Å²) in [4.78, 5) is 20.8. The van der Waals surface area contributed by atoms with Gasteiger partial charge in [0.2, 0.25) is 0 Å². The van der Waals surface area contributed by atoms with Gasteiger partial charge in [-0.15, -0.1) is 0 Å². The van der Waals surface area contributed by atoms with E-state index in [2.05, 4.69) is 20.4 Å². The number of halogens is 1. The van der Waals surface area contributed by atoms with Crippen LogP contribution in [0.25, 0.3) is 5.78 Å². The van der Waals surface area contributed by atoms with Gasteiger partial charge in [0.15, 0.2) is 0 Å². The summed E-state index contributed by atoms with van der Waals surface area (Å²) < 4.78 is 1.49. The fraction of sp³-hybridized carbons (Fsp3) is 0.143. The molecule has 6 nitrogen and oxygen atoms in total. The molecule has 0 spiro atoms. The number of carbonyl (C=O) groups is 1. The lowest BCUT2D eigenvalue weighted by molar-refractivity contribution is 0.102. The van der Waals surface area contributed by atoms with Gasteiger partial charge in [-0.1, -0.05) is 23.7 Å². The molecule has 0 fully saturated rings. The normalized spacial score (nSPS) is 10.8. The van der Waals surface area contributed by atoms with Gasteiger partial charge in [0.1, 0.15) is 5.82 Å². The highest BCUT2D eigenvalue weighted by atomic mass is 35.5. The molecule has 2 heterocycles. The highest BCUT2D eigenvalue weighted by Crippen LogP contribution is 2.21. The van der Waals surface area contributed by atoms with Crippen LogP contribution in [0.15, 0.2) is 30.5 Å². The minimum absolute atomic E-state index is 0.289. The molecule has 0 bridgehead atoms. The van der Waals surface area contributed by atoms with E-state index in [9.17, 15) is 4.79 Å². The Balaban J connectivity index is 1.97. The number of nitrogens with one attached hydrogen (secondary N) is 1. The van der Waals surface area contributed by atoms with Gasteiger partial charge in [0, 0.05) is 6.20 Å². The van der Waals surface area contributed by atoms with E-state index >= 15 is 0 Å². The lowest BCUT2D eigenvalue weighted by Crippen LogP contribution is -2.15. The highest BCUT2D eigenvalue weighted by Gasteiger charge is 2.14. The van der Waals surface area contributed by atoms with Crippen LogP contribution in [0.4, 0.5) is 5.69 Å². The smallest absolute Gasteiger partial charge is 0.259 e. The Morgan fingerprint density at radius 3 is 2.76 bits per heavy atom. The first kappa shape index (κ1) is 13.5. The Kier molecular flexibility index (Phi) is 3.31. The van der Waals surface area contributed by atoms with Crippen molar-refractivity contribution in [2.24, 2.45) is 0 Å². The van der Waals surface area contributed by atoms with Gasteiger partial charge in [0.25, 0.3) is 11.7 Å². The molecule has 2 aromatic heterocycles. The summed E-state index contributed by atoms with van der Waals surface area (Å²) in [5.41, 5.74) is 1.56. The first-order valence-electron chi connectivity index (χ1n) is 6.31. The van der Waals surface area contributed by atoms with E-state index in [1.165, 1.54) is 4.52 Å². The van der Waals surface area contributed by atoms with Crippen molar-refractivity contribution in [3.05, 3.63) is 52.6 Å². The fourth-order valence-electron chi connectivity index (χ4n) is 1.98. The van der Waals surface area contributed by atoms with Crippen molar-refractivity contribution in [3.8, 4) is 0 Å². The molecule has 0 aliphatic rings. The van der Waals surface area contributed by atoms with Crippen molar-refractivity contribution in [3.63, 3.8) is 0 Å².